The summed E-state index contributed by atoms with van der Waals surface area (Å²) < 4.78 is 2.55. The monoisotopic (exact) mass is 245 g/mol. The summed E-state index contributed by atoms with van der Waals surface area (Å²) in [6, 6.07) is 0. The van der Waals surface area contributed by atoms with Crippen LogP contribution in [-0.4, -0.2) is 14.8 Å². The van der Waals surface area contributed by atoms with Crippen molar-refractivity contribution in [3.63, 3.8) is 0 Å². The fourth-order valence-electron chi connectivity index (χ4n) is 1.05. The van der Waals surface area contributed by atoms with Gasteiger partial charge < -0.3 is 0 Å². The van der Waals surface area contributed by atoms with Crippen LogP contribution in [0.2, 0.25) is 5.15 Å². The van der Waals surface area contributed by atoms with E-state index >= 15 is 0 Å². The van der Waals surface area contributed by atoms with Crippen molar-refractivity contribution in [1.82, 2.24) is 14.8 Å². The Balaban J connectivity index is 2.93. The topological polar surface area (TPSA) is 30.7 Å². The Morgan fingerprint density at radius 3 is 3.00 bits per heavy atom. The van der Waals surface area contributed by atoms with Gasteiger partial charge in [0, 0.05) is 12.4 Å². The average Bonchev–Trinajstić information content (AvgIpc) is 2.41. The van der Waals surface area contributed by atoms with Crippen LogP contribution in [0.5, 0.6) is 0 Å². The summed E-state index contributed by atoms with van der Waals surface area (Å²) >= 11 is 9.15. The quantitative estimate of drug-likeness (QED) is 0.668. The average molecular weight is 246 g/mol. The number of rotatable bonds is 0. The van der Waals surface area contributed by atoms with Gasteiger partial charge in [0.05, 0.1) is 22.4 Å². The highest BCUT2D eigenvalue weighted by Crippen LogP contribution is 2.28. The number of hydrogen-bond acceptors (Lipinski definition) is 2. The van der Waals surface area contributed by atoms with Gasteiger partial charge in [-0.25, -0.2) is 4.98 Å². The molecule has 0 unspecified atom stereocenters. The van der Waals surface area contributed by atoms with E-state index in [1.54, 1.807) is 17.1 Å². The fraction of sp³-hybridized carbons (Fsp3) is 0.143. The molecule has 0 radical (unpaired) electrons. The van der Waals surface area contributed by atoms with Crippen LogP contribution in [0.4, 0.5) is 0 Å². The second-order valence-corrected chi connectivity index (χ2v) is 3.58. The van der Waals surface area contributed by atoms with Crippen LogP contribution in [0.25, 0.3) is 10.9 Å². The van der Waals surface area contributed by atoms with Crippen molar-refractivity contribution >= 4 is 38.4 Å². The van der Waals surface area contributed by atoms with Crippen LogP contribution < -0.4 is 0 Å². The summed E-state index contributed by atoms with van der Waals surface area (Å²) in [6.07, 6.45) is 3.46. The maximum absolute atomic E-state index is 5.80. The Hall–Kier alpha value is -0.610. The van der Waals surface area contributed by atoms with E-state index < -0.39 is 0 Å². The van der Waals surface area contributed by atoms with Crippen LogP contribution in [0, 0.1) is 0 Å². The third-order valence-corrected chi connectivity index (χ3v) is 3.02. The Morgan fingerprint density at radius 1 is 1.50 bits per heavy atom. The Morgan fingerprint density at radius 2 is 2.25 bits per heavy atom. The summed E-state index contributed by atoms with van der Waals surface area (Å²) in [5.41, 5.74) is 0.964. The lowest BCUT2D eigenvalue weighted by molar-refractivity contribution is 0.795. The van der Waals surface area contributed by atoms with E-state index in [1.165, 1.54) is 0 Å². The van der Waals surface area contributed by atoms with Gasteiger partial charge in [0.2, 0.25) is 0 Å². The molecule has 2 heterocycles. The predicted molar refractivity (Wildman–Crippen MR) is 51.2 cm³/mol. The molecule has 0 fully saturated rings. The molecule has 0 aliphatic carbocycles. The molecule has 12 heavy (non-hydrogen) atoms. The lowest BCUT2D eigenvalue weighted by Gasteiger charge is -1.96. The van der Waals surface area contributed by atoms with Gasteiger partial charge in [-0.05, 0) is 15.9 Å². The van der Waals surface area contributed by atoms with E-state index in [4.69, 9.17) is 11.6 Å². The molecule has 0 aromatic carbocycles. The van der Waals surface area contributed by atoms with Gasteiger partial charge in [-0.3, -0.25) is 4.68 Å². The second kappa shape index (κ2) is 2.71. The molecular weight excluding hydrogens is 241 g/mol. The number of fused-ring (bicyclic) bond motifs is 1. The zero-order chi connectivity index (χ0) is 8.72. The van der Waals surface area contributed by atoms with E-state index in [2.05, 4.69) is 26.0 Å². The molecule has 62 valence electrons. The molecular formula is C7H5BrClN3. The molecule has 3 nitrogen and oxygen atoms in total. The molecule has 2 aromatic heterocycles. The first kappa shape index (κ1) is 8.01. The maximum Gasteiger partial charge on any atom is 0.144 e. The third-order valence-electron chi connectivity index (χ3n) is 1.70. The van der Waals surface area contributed by atoms with Gasteiger partial charge in [-0.15, -0.1) is 0 Å². The summed E-state index contributed by atoms with van der Waals surface area (Å²) in [5, 5.41) is 5.54. The zero-order valence-corrected chi connectivity index (χ0v) is 8.59. The van der Waals surface area contributed by atoms with Crippen LogP contribution in [0.15, 0.2) is 16.9 Å². The van der Waals surface area contributed by atoms with Crippen molar-refractivity contribution in [2.45, 2.75) is 0 Å². The van der Waals surface area contributed by atoms with E-state index in [9.17, 15) is 0 Å². The van der Waals surface area contributed by atoms with Gasteiger partial charge in [-0.2, -0.15) is 5.10 Å². The lowest BCUT2D eigenvalue weighted by atomic mass is 10.3. The molecule has 0 amide bonds. The smallest absolute Gasteiger partial charge is 0.144 e. The Bertz CT molecular complexity index is 437. The summed E-state index contributed by atoms with van der Waals surface area (Å²) in [5.74, 6) is 0. The van der Waals surface area contributed by atoms with E-state index in [0.717, 1.165) is 15.4 Å². The molecule has 0 aliphatic heterocycles. The number of aryl methyl sites for hydroxylation is 1. The minimum atomic E-state index is 0.468. The maximum atomic E-state index is 5.80. The summed E-state index contributed by atoms with van der Waals surface area (Å²) in [7, 11) is 1.87. The highest BCUT2D eigenvalue weighted by atomic mass is 79.9. The molecule has 2 aromatic rings. The highest BCUT2D eigenvalue weighted by Gasteiger charge is 2.07. The number of aromatic nitrogens is 3. The van der Waals surface area contributed by atoms with Crippen molar-refractivity contribution in [1.29, 1.82) is 0 Å². The third kappa shape index (κ3) is 1.03. The van der Waals surface area contributed by atoms with E-state index in [-0.39, 0.29) is 0 Å². The van der Waals surface area contributed by atoms with E-state index in [0.29, 0.717) is 5.15 Å². The van der Waals surface area contributed by atoms with Crippen molar-refractivity contribution in [3.05, 3.63) is 22.0 Å². The van der Waals surface area contributed by atoms with Crippen molar-refractivity contribution < 1.29 is 0 Å². The number of halogens is 2. The van der Waals surface area contributed by atoms with Crippen molar-refractivity contribution in [3.8, 4) is 0 Å². The second-order valence-electron chi connectivity index (χ2n) is 2.43. The number of nitrogens with zero attached hydrogens (tertiary/aromatic N) is 3. The molecule has 0 aliphatic rings. The molecule has 0 spiro atoms. The first-order valence-corrected chi connectivity index (χ1v) is 4.49. The summed E-state index contributed by atoms with van der Waals surface area (Å²) in [6.45, 7) is 0. The Labute approximate surface area is 82.5 Å². The van der Waals surface area contributed by atoms with Crippen molar-refractivity contribution in [2.75, 3.05) is 0 Å². The first-order chi connectivity index (χ1) is 5.70. The molecule has 0 saturated heterocycles. The predicted octanol–water partition coefficient (Wildman–Crippen LogP) is 2.38. The minimum Gasteiger partial charge on any atom is -0.266 e. The van der Waals surface area contributed by atoms with Crippen molar-refractivity contribution in [2.24, 2.45) is 7.05 Å². The SMILES string of the molecule is Cn1ncc2c(Br)c(Cl)ncc21. The molecule has 0 atom stereocenters. The van der Waals surface area contributed by atoms with Gasteiger partial charge in [0.1, 0.15) is 5.15 Å². The standard InChI is InChI=1S/C7H5BrClN3/c1-12-5-3-10-7(9)6(8)4(5)2-11-12/h2-3H,1H3. The van der Waals surface area contributed by atoms with Crippen LogP contribution in [-0.2, 0) is 7.05 Å². The molecule has 2 rings (SSSR count). The highest BCUT2D eigenvalue weighted by molar-refractivity contribution is 9.10. The zero-order valence-electron chi connectivity index (χ0n) is 6.25. The van der Waals surface area contributed by atoms with Crippen LogP contribution >= 0.6 is 27.5 Å². The Kier molecular flexibility index (Phi) is 1.81. The summed E-state index contributed by atoms with van der Waals surface area (Å²) in [4.78, 5) is 4.00. The van der Waals surface area contributed by atoms with Gasteiger partial charge in [-0.1, -0.05) is 11.6 Å². The first-order valence-electron chi connectivity index (χ1n) is 3.32. The number of hydrogen-bond donors (Lipinski definition) is 0. The van der Waals surface area contributed by atoms with Crippen LogP contribution in [0.3, 0.4) is 0 Å². The normalized spacial score (nSPS) is 10.9. The minimum absolute atomic E-state index is 0.468. The van der Waals surface area contributed by atoms with Gasteiger partial charge in [0.15, 0.2) is 0 Å². The van der Waals surface area contributed by atoms with Gasteiger partial charge >= 0.3 is 0 Å². The number of pyridine rings is 1. The fourth-order valence-corrected chi connectivity index (χ4v) is 1.61. The largest absolute Gasteiger partial charge is 0.266 e. The lowest BCUT2D eigenvalue weighted by Crippen LogP contribution is -1.89. The van der Waals surface area contributed by atoms with Crippen LogP contribution in [0.1, 0.15) is 0 Å². The van der Waals surface area contributed by atoms with Gasteiger partial charge in [0.25, 0.3) is 0 Å². The molecule has 0 N–H and O–H groups in total. The molecule has 5 heteroatoms. The molecule has 0 bridgehead atoms. The van der Waals surface area contributed by atoms with E-state index in [1.807, 2.05) is 7.05 Å². The molecule has 0 saturated carbocycles.